The quantitative estimate of drug-likeness (QED) is 0.514. The summed E-state index contributed by atoms with van der Waals surface area (Å²) in [4.78, 5) is 11.5. The summed E-state index contributed by atoms with van der Waals surface area (Å²) in [5.41, 5.74) is 0.433. The third kappa shape index (κ3) is 2.67. The highest BCUT2D eigenvalue weighted by molar-refractivity contribution is 14.1. The van der Waals surface area contributed by atoms with Gasteiger partial charge in [0, 0.05) is 15.3 Å². The van der Waals surface area contributed by atoms with Crippen LogP contribution in [0.5, 0.6) is 5.75 Å². The molecule has 0 aliphatic rings. The molecule has 4 heteroatoms. The van der Waals surface area contributed by atoms with Crippen LogP contribution in [0.1, 0.15) is 16.8 Å². The SMILES string of the molecule is O=C(CCBr)c1c(O)cccc1I. The highest BCUT2D eigenvalue weighted by atomic mass is 127. The number of Topliss-reactive ketones (excluding diaryl/α,β-unsaturated/α-hetero) is 1. The number of phenols is 1. The van der Waals surface area contributed by atoms with Crippen LogP contribution in [-0.2, 0) is 0 Å². The molecule has 0 saturated heterocycles. The van der Waals surface area contributed by atoms with Crippen molar-refractivity contribution >= 4 is 44.3 Å². The molecule has 2 nitrogen and oxygen atoms in total. The van der Waals surface area contributed by atoms with Crippen LogP contribution in [0.4, 0.5) is 0 Å². The number of benzene rings is 1. The Morgan fingerprint density at radius 1 is 1.54 bits per heavy atom. The van der Waals surface area contributed by atoms with Crippen LogP contribution < -0.4 is 0 Å². The second-order valence-corrected chi connectivity index (χ2v) is 4.45. The molecule has 0 heterocycles. The summed E-state index contributed by atoms with van der Waals surface area (Å²) in [5.74, 6) is 0.0391. The van der Waals surface area contributed by atoms with E-state index in [1.807, 2.05) is 28.7 Å². The molecule has 13 heavy (non-hydrogen) atoms. The van der Waals surface area contributed by atoms with E-state index in [9.17, 15) is 9.90 Å². The second kappa shape index (κ2) is 4.95. The molecule has 0 saturated carbocycles. The van der Waals surface area contributed by atoms with Crippen LogP contribution in [-0.4, -0.2) is 16.2 Å². The topological polar surface area (TPSA) is 37.3 Å². The molecule has 0 unspecified atom stereocenters. The molecule has 0 aliphatic carbocycles. The minimum absolute atomic E-state index is 0.0284. The summed E-state index contributed by atoms with van der Waals surface area (Å²) in [6, 6.07) is 5.06. The first-order chi connectivity index (χ1) is 6.16. The van der Waals surface area contributed by atoms with E-state index in [-0.39, 0.29) is 11.5 Å². The summed E-state index contributed by atoms with van der Waals surface area (Å²) in [6.45, 7) is 0. The van der Waals surface area contributed by atoms with Crippen LogP contribution in [0.15, 0.2) is 18.2 Å². The van der Waals surface area contributed by atoms with Crippen molar-refractivity contribution in [2.45, 2.75) is 6.42 Å². The first-order valence-corrected chi connectivity index (χ1v) is 5.93. The van der Waals surface area contributed by atoms with Crippen molar-refractivity contribution in [1.82, 2.24) is 0 Å². The molecule has 0 amide bonds. The Hall–Kier alpha value is -0.100. The molecule has 1 rings (SSSR count). The van der Waals surface area contributed by atoms with Gasteiger partial charge in [0.15, 0.2) is 5.78 Å². The molecular weight excluding hydrogens is 347 g/mol. The highest BCUT2D eigenvalue weighted by Crippen LogP contribution is 2.24. The third-order valence-corrected chi connectivity index (χ3v) is 2.89. The van der Waals surface area contributed by atoms with Gasteiger partial charge in [-0.05, 0) is 34.7 Å². The summed E-state index contributed by atoms with van der Waals surface area (Å²) >= 11 is 5.24. The standard InChI is InChI=1S/C9H8BrIO2/c10-5-4-8(13)9-6(11)2-1-3-7(9)12/h1-3,12H,4-5H2. The van der Waals surface area contributed by atoms with Gasteiger partial charge in [-0.1, -0.05) is 22.0 Å². The fraction of sp³-hybridized carbons (Fsp3) is 0.222. The Morgan fingerprint density at radius 2 is 2.23 bits per heavy atom. The van der Waals surface area contributed by atoms with Crippen LogP contribution in [0.25, 0.3) is 0 Å². The Morgan fingerprint density at radius 3 is 2.77 bits per heavy atom. The number of hydrogen-bond acceptors (Lipinski definition) is 2. The lowest BCUT2D eigenvalue weighted by atomic mass is 10.1. The number of alkyl halides is 1. The van der Waals surface area contributed by atoms with E-state index in [1.54, 1.807) is 6.07 Å². The van der Waals surface area contributed by atoms with E-state index in [1.165, 1.54) is 6.07 Å². The van der Waals surface area contributed by atoms with Crippen molar-refractivity contribution in [2.75, 3.05) is 5.33 Å². The normalized spacial score (nSPS) is 10.0. The van der Waals surface area contributed by atoms with Crippen molar-refractivity contribution in [1.29, 1.82) is 0 Å². The summed E-state index contributed by atoms with van der Waals surface area (Å²) < 4.78 is 0.795. The van der Waals surface area contributed by atoms with E-state index in [0.29, 0.717) is 17.3 Å². The summed E-state index contributed by atoms with van der Waals surface area (Å²) in [5, 5.41) is 10.1. The van der Waals surface area contributed by atoms with Crippen LogP contribution >= 0.6 is 38.5 Å². The molecule has 0 aromatic heterocycles. The molecule has 0 aliphatic heterocycles. The smallest absolute Gasteiger partial charge is 0.168 e. The number of aromatic hydroxyl groups is 1. The fourth-order valence-corrected chi connectivity index (χ4v) is 2.14. The number of rotatable bonds is 3. The van der Waals surface area contributed by atoms with Gasteiger partial charge in [0.1, 0.15) is 5.75 Å². The number of carbonyl (C=O) groups excluding carboxylic acids is 1. The molecule has 1 aromatic rings. The lowest BCUT2D eigenvalue weighted by molar-refractivity contribution is 0.0986. The van der Waals surface area contributed by atoms with Crippen molar-refractivity contribution in [2.24, 2.45) is 0 Å². The summed E-state index contributed by atoms with van der Waals surface area (Å²) in [6.07, 6.45) is 0.410. The molecule has 1 aromatic carbocycles. The third-order valence-electron chi connectivity index (χ3n) is 1.59. The van der Waals surface area contributed by atoms with Crippen molar-refractivity contribution in [3.8, 4) is 5.75 Å². The van der Waals surface area contributed by atoms with E-state index in [0.717, 1.165) is 3.57 Å². The number of hydrogen-bond donors (Lipinski definition) is 1. The average molecular weight is 355 g/mol. The zero-order valence-corrected chi connectivity index (χ0v) is 10.5. The minimum atomic E-state index is -0.0284. The molecular formula is C9H8BrIO2. The molecule has 0 atom stereocenters. The minimum Gasteiger partial charge on any atom is -0.507 e. The Bertz CT molecular complexity index is 305. The number of halogens is 2. The van der Waals surface area contributed by atoms with Gasteiger partial charge in [-0.2, -0.15) is 0 Å². The van der Waals surface area contributed by atoms with Crippen molar-refractivity contribution in [3.05, 3.63) is 27.3 Å². The average Bonchev–Trinajstić information content (AvgIpc) is 2.04. The maximum Gasteiger partial charge on any atom is 0.168 e. The first-order valence-electron chi connectivity index (χ1n) is 3.73. The van der Waals surface area contributed by atoms with Gasteiger partial charge in [-0.3, -0.25) is 4.79 Å². The largest absolute Gasteiger partial charge is 0.507 e. The van der Waals surface area contributed by atoms with Crippen LogP contribution in [0, 0.1) is 3.57 Å². The van der Waals surface area contributed by atoms with Gasteiger partial charge < -0.3 is 5.11 Å². The van der Waals surface area contributed by atoms with E-state index >= 15 is 0 Å². The predicted octanol–water partition coefficient (Wildman–Crippen LogP) is 2.96. The zero-order valence-electron chi connectivity index (χ0n) is 6.76. The number of carbonyl (C=O) groups is 1. The van der Waals surface area contributed by atoms with Crippen LogP contribution in [0.3, 0.4) is 0 Å². The van der Waals surface area contributed by atoms with E-state index in [4.69, 9.17) is 0 Å². The van der Waals surface area contributed by atoms with E-state index < -0.39 is 0 Å². The van der Waals surface area contributed by atoms with Crippen LogP contribution in [0.2, 0.25) is 0 Å². The molecule has 0 spiro atoms. The van der Waals surface area contributed by atoms with Crippen molar-refractivity contribution < 1.29 is 9.90 Å². The lowest BCUT2D eigenvalue weighted by Crippen LogP contribution is -2.02. The first kappa shape index (κ1) is 11.0. The van der Waals surface area contributed by atoms with E-state index in [2.05, 4.69) is 15.9 Å². The maximum atomic E-state index is 11.5. The van der Waals surface area contributed by atoms with Gasteiger partial charge in [-0.15, -0.1) is 0 Å². The molecule has 1 N–H and O–H groups in total. The second-order valence-electron chi connectivity index (χ2n) is 2.50. The Balaban J connectivity index is 3.05. The van der Waals surface area contributed by atoms with Crippen molar-refractivity contribution in [3.63, 3.8) is 0 Å². The maximum absolute atomic E-state index is 11.5. The van der Waals surface area contributed by atoms with Gasteiger partial charge in [0.25, 0.3) is 0 Å². The fourth-order valence-electron chi connectivity index (χ4n) is 1.000. The molecule has 0 bridgehead atoms. The molecule has 70 valence electrons. The number of phenolic OH excluding ortho intramolecular Hbond substituents is 1. The Kier molecular flexibility index (Phi) is 4.18. The van der Waals surface area contributed by atoms with Gasteiger partial charge >= 0.3 is 0 Å². The van der Waals surface area contributed by atoms with Gasteiger partial charge in [-0.25, -0.2) is 0 Å². The van der Waals surface area contributed by atoms with Gasteiger partial charge in [0.2, 0.25) is 0 Å². The monoisotopic (exact) mass is 354 g/mol. The zero-order chi connectivity index (χ0) is 9.84. The summed E-state index contributed by atoms with van der Waals surface area (Å²) in [7, 11) is 0. The lowest BCUT2D eigenvalue weighted by Gasteiger charge is -2.04. The highest BCUT2D eigenvalue weighted by Gasteiger charge is 2.13. The predicted molar refractivity (Wildman–Crippen MR) is 63.6 cm³/mol. The molecule has 0 radical (unpaired) electrons. The Labute approximate surface area is 98.6 Å². The number of ketones is 1. The molecule has 0 fully saturated rings. The van der Waals surface area contributed by atoms with Gasteiger partial charge in [0.05, 0.1) is 5.56 Å².